The van der Waals surface area contributed by atoms with Crippen LogP contribution in [0.25, 0.3) is 0 Å². The van der Waals surface area contributed by atoms with Crippen molar-refractivity contribution in [3.05, 3.63) is 30.3 Å². The summed E-state index contributed by atoms with van der Waals surface area (Å²) in [6, 6.07) is 11.1. The van der Waals surface area contributed by atoms with Gasteiger partial charge in [0, 0.05) is 24.8 Å². The van der Waals surface area contributed by atoms with E-state index in [1.54, 1.807) is 0 Å². The molecule has 0 bridgehead atoms. The summed E-state index contributed by atoms with van der Waals surface area (Å²) in [5.74, 6) is 1.31. The third kappa shape index (κ3) is 3.01. The third-order valence-electron chi connectivity index (χ3n) is 5.66. The third-order valence-corrected chi connectivity index (χ3v) is 5.66. The van der Waals surface area contributed by atoms with Crippen molar-refractivity contribution in [2.75, 3.05) is 18.0 Å². The number of benzene rings is 1. The molecule has 0 heterocycles. The van der Waals surface area contributed by atoms with E-state index in [9.17, 15) is 0 Å². The molecule has 2 nitrogen and oxygen atoms in total. The molecular weight excluding hydrogens is 244 g/mol. The van der Waals surface area contributed by atoms with Crippen molar-refractivity contribution in [2.45, 2.75) is 46.6 Å². The van der Waals surface area contributed by atoms with Crippen molar-refractivity contribution >= 4 is 5.69 Å². The quantitative estimate of drug-likeness (QED) is 0.902. The Morgan fingerprint density at radius 1 is 1.20 bits per heavy atom. The number of hydrogen-bond donors (Lipinski definition) is 1. The fraction of sp³-hybridized carbons (Fsp3) is 0.667. The predicted molar refractivity (Wildman–Crippen MR) is 88.0 cm³/mol. The van der Waals surface area contributed by atoms with Crippen LogP contribution >= 0.6 is 0 Å². The predicted octanol–water partition coefficient (Wildman–Crippen LogP) is 3.91. The Balaban J connectivity index is 2.12. The standard InChI is InChI=1S/C18H30N2/c1-5-20(16-9-7-6-8-10-16)13-15-11-12-17(19)14(2)18(15,3)4/h6-10,14-15,17H,5,11-13,19H2,1-4H3. The van der Waals surface area contributed by atoms with Crippen molar-refractivity contribution in [3.8, 4) is 0 Å². The van der Waals surface area contributed by atoms with Gasteiger partial charge in [-0.2, -0.15) is 0 Å². The highest BCUT2D eigenvalue weighted by molar-refractivity contribution is 5.45. The normalized spacial score (nSPS) is 29.1. The minimum absolute atomic E-state index is 0.319. The Kier molecular flexibility index (Phi) is 4.74. The van der Waals surface area contributed by atoms with E-state index >= 15 is 0 Å². The zero-order chi connectivity index (χ0) is 14.8. The maximum atomic E-state index is 6.28. The number of nitrogens with zero attached hydrogens (tertiary/aromatic N) is 1. The zero-order valence-corrected chi connectivity index (χ0v) is 13.5. The summed E-state index contributed by atoms with van der Waals surface area (Å²) in [5, 5.41) is 0. The van der Waals surface area contributed by atoms with Crippen LogP contribution < -0.4 is 10.6 Å². The lowest BCUT2D eigenvalue weighted by Crippen LogP contribution is -2.50. The van der Waals surface area contributed by atoms with E-state index in [-0.39, 0.29) is 0 Å². The lowest BCUT2D eigenvalue weighted by Gasteiger charge is -2.48. The minimum atomic E-state index is 0.319. The molecule has 1 aromatic carbocycles. The molecule has 1 aliphatic rings. The number of nitrogens with two attached hydrogens (primary N) is 1. The first-order chi connectivity index (χ1) is 9.46. The van der Waals surface area contributed by atoms with E-state index in [1.807, 2.05) is 0 Å². The summed E-state index contributed by atoms with van der Waals surface area (Å²) in [6.45, 7) is 11.6. The molecule has 1 fully saturated rings. The lowest BCUT2D eigenvalue weighted by molar-refractivity contribution is 0.0583. The van der Waals surface area contributed by atoms with Crippen LogP contribution in [0, 0.1) is 17.3 Å². The molecular formula is C18H30N2. The molecule has 2 rings (SSSR count). The summed E-state index contributed by atoms with van der Waals surface area (Å²) in [7, 11) is 0. The van der Waals surface area contributed by atoms with Gasteiger partial charge in [-0.3, -0.25) is 0 Å². The van der Waals surface area contributed by atoms with Crippen LogP contribution in [-0.4, -0.2) is 19.1 Å². The first-order valence-electron chi connectivity index (χ1n) is 8.02. The van der Waals surface area contributed by atoms with Gasteiger partial charge in [-0.15, -0.1) is 0 Å². The molecule has 0 aromatic heterocycles. The highest BCUT2D eigenvalue weighted by atomic mass is 15.1. The molecule has 20 heavy (non-hydrogen) atoms. The first kappa shape index (κ1) is 15.4. The van der Waals surface area contributed by atoms with Crippen molar-refractivity contribution in [1.29, 1.82) is 0 Å². The Bertz CT molecular complexity index is 413. The summed E-state index contributed by atoms with van der Waals surface area (Å²) < 4.78 is 0. The van der Waals surface area contributed by atoms with Gasteiger partial charge in [0.25, 0.3) is 0 Å². The second-order valence-electron chi connectivity index (χ2n) is 6.92. The minimum Gasteiger partial charge on any atom is -0.372 e. The topological polar surface area (TPSA) is 29.3 Å². The molecule has 1 saturated carbocycles. The zero-order valence-electron chi connectivity index (χ0n) is 13.5. The average molecular weight is 274 g/mol. The fourth-order valence-electron chi connectivity index (χ4n) is 3.59. The van der Waals surface area contributed by atoms with Gasteiger partial charge in [0.05, 0.1) is 0 Å². The van der Waals surface area contributed by atoms with Crippen LogP contribution in [-0.2, 0) is 0 Å². The van der Waals surface area contributed by atoms with E-state index in [2.05, 4.69) is 62.9 Å². The van der Waals surface area contributed by atoms with Crippen LogP contribution in [0.2, 0.25) is 0 Å². The summed E-state index contributed by atoms with van der Waals surface area (Å²) in [6.07, 6.45) is 2.42. The average Bonchev–Trinajstić information content (AvgIpc) is 2.45. The molecule has 2 heteroatoms. The molecule has 1 aliphatic carbocycles. The number of para-hydroxylation sites is 1. The molecule has 0 radical (unpaired) electrons. The smallest absolute Gasteiger partial charge is 0.0366 e. The largest absolute Gasteiger partial charge is 0.372 e. The van der Waals surface area contributed by atoms with Crippen LogP contribution in [0.5, 0.6) is 0 Å². The second kappa shape index (κ2) is 6.17. The second-order valence-corrected chi connectivity index (χ2v) is 6.92. The summed E-state index contributed by atoms with van der Waals surface area (Å²) in [5.41, 5.74) is 7.94. The molecule has 0 spiro atoms. The van der Waals surface area contributed by atoms with Gasteiger partial charge in [0.15, 0.2) is 0 Å². The number of anilines is 1. The summed E-state index contributed by atoms with van der Waals surface area (Å²) >= 11 is 0. The Morgan fingerprint density at radius 2 is 1.85 bits per heavy atom. The Morgan fingerprint density at radius 3 is 2.45 bits per heavy atom. The Labute approximate surface area is 124 Å². The maximum Gasteiger partial charge on any atom is 0.0366 e. The molecule has 3 atom stereocenters. The van der Waals surface area contributed by atoms with Gasteiger partial charge in [-0.05, 0) is 49.1 Å². The highest BCUT2D eigenvalue weighted by Crippen LogP contribution is 2.44. The molecule has 2 N–H and O–H groups in total. The number of rotatable bonds is 4. The van der Waals surface area contributed by atoms with Gasteiger partial charge < -0.3 is 10.6 Å². The van der Waals surface area contributed by atoms with Gasteiger partial charge >= 0.3 is 0 Å². The van der Waals surface area contributed by atoms with Gasteiger partial charge in [0.2, 0.25) is 0 Å². The number of hydrogen-bond acceptors (Lipinski definition) is 2. The molecule has 3 unspecified atom stereocenters. The monoisotopic (exact) mass is 274 g/mol. The van der Waals surface area contributed by atoms with E-state index < -0.39 is 0 Å². The van der Waals surface area contributed by atoms with Crippen molar-refractivity contribution in [1.82, 2.24) is 0 Å². The summed E-state index contributed by atoms with van der Waals surface area (Å²) in [4.78, 5) is 2.51. The van der Waals surface area contributed by atoms with Crippen LogP contribution in [0.4, 0.5) is 5.69 Å². The lowest BCUT2D eigenvalue weighted by atomic mass is 9.61. The molecule has 0 amide bonds. The van der Waals surface area contributed by atoms with E-state index in [0.717, 1.165) is 19.0 Å². The van der Waals surface area contributed by atoms with Gasteiger partial charge in [-0.1, -0.05) is 39.0 Å². The van der Waals surface area contributed by atoms with Crippen molar-refractivity contribution < 1.29 is 0 Å². The van der Waals surface area contributed by atoms with E-state index in [4.69, 9.17) is 5.73 Å². The molecule has 0 saturated heterocycles. The maximum absolute atomic E-state index is 6.28. The highest BCUT2D eigenvalue weighted by Gasteiger charge is 2.41. The van der Waals surface area contributed by atoms with Crippen molar-refractivity contribution in [2.24, 2.45) is 23.0 Å². The Hall–Kier alpha value is -1.02. The van der Waals surface area contributed by atoms with E-state index in [1.165, 1.54) is 18.5 Å². The van der Waals surface area contributed by atoms with Gasteiger partial charge in [0.1, 0.15) is 0 Å². The fourth-order valence-corrected chi connectivity index (χ4v) is 3.59. The molecule has 1 aromatic rings. The van der Waals surface area contributed by atoms with Gasteiger partial charge in [-0.25, -0.2) is 0 Å². The van der Waals surface area contributed by atoms with Crippen LogP contribution in [0.1, 0.15) is 40.5 Å². The first-order valence-corrected chi connectivity index (χ1v) is 8.02. The van der Waals surface area contributed by atoms with Crippen LogP contribution in [0.15, 0.2) is 30.3 Å². The molecule has 112 valence electrons. The van der Waals surface area contributed by atoms with E-state index in [0.29, 0.717) is 17.4 Å². The molecule has 0 aliphatic heterocycles. The van der Waals surface area contributed by atoms with Crippen molar-refractivity contribution in [3.63, 3.8) is 0 Å². The SMILES string of the molecule is CCN(CC1CCC(N)C(C)C1(C)C)c1ccccc1. The van der Waals surface area contributed by atoms with Crippen LogP contribution in [0.3, 0.4) is 0 Å².